The van der Waals surface area contributed by atoms with E-state index in [1.807, 2.05) is 31.2 Å². The van der Waals surface area contributed by atoms with Gasteiger partial charge < -0.3 is 19.5 Å². The number of carbonyl (C=O) groups excluding carboxylic acids is 3. The SMILES string of the molecule is CCC(=O)Oc1c(OC)ccnc1C(=O)NC(C)C(=O)OC(C)Cc1ccccc1C. The van der Waals surface area contributed by atoms with E-state index in [-0.39, 0.29) is 29.7 Å². The Labute approximate surface area is 181 Å². The molecule has 1 amide bonds. The van der Waals surface area contributed by atoms with Gasteiger partial charge in [0.05, 0.1) is 7.11 Å². The Morgan fingerprint density at radius 1 is 1.13 bits per heavy atom. The second kappa shape index (κ2) is 11.1. The van der Waals surface area contributed by atoms with Crippen molar-refractivity contribution in [2.75, 3.05) is 7.11 Å². The van der Waals surface area contributed by atoms with Crippen LogP contribution >= 0.6 is 0 Å². The molecule has 0 saturated carbocycles. The number of hydrogen-bond acceptors (Lipinski definition) is 7. The molecule has 2 unspecified atom stereocenters. The molecule has 2 aromatic rings. The van der Waals surface area contributed by atoms with Crippen LogP contribution in [0.3, 0.4) is 0 Å². The zero-order valence-corrected chi connectivity index (χ0v) is 18.4. The first-order chi connectivity index (χ1) is 14.8. The van der Waals surface area contributed by atoms with Crippen LogP contribution in [0.2, 0.25) is 0 Å². The maximum atomic E-state index is 12.7. The number of aryl methyl sites for hydroxylation is 1. The summed E-state index contributed by atoms with van der Waals surface area (Å²) in [6.45, 7) is 6.93. The quantitative estimate of drug-likeness (QED) is 0.612. The Morgan fingerprint density at radius 3 is 2.48 bits per heavy atom. The summed E-state index contributed by atoms with van der Waals surface area (Å²) in [5, 5.41) is 2.54. The van der Waals surface area contributed by atoms with E-state index < -0.39 is 23.9 Å². The molecule has 1 aromatic heterocycles. The van der Waals surface area contributed by atoms with Crippen LogP contribution in [0.15, 0.2) is 36.5 Å². The molecule has 31 heavy (non-hydrogen) atoms. The lowest BCUT2D eigenvalue weighted by Gasteiger charge is -2.19. The third-order valence-corrected chi connectivity index (χ3v) is 4.60. The maximum Gasteiger partial charge on any atom is 0.328 e. The van der Waals surface area contributed by atoms with Gasteiger partial charge in [-0.25, -0.2) is 9.78 Å². The third kappa shape index (κ3) is 6.53. The molecule has 8 heteroatoms. The highest BCUT2D eigenvalue weighted by Crippen LogP contribution is 2.30. The van der Waals surface area contributed by atoms with E-state index in [1.54, 1.807) is 13.8 Å². The summed E-state index contributed by atoms with van der Waals surface area (Å²) >= 11 is 0. The van der Waals surface area contributed by atoms with E-state index in [1.165, 1.54) is 26.3 Å². The fourth-order valence-corrected chi connectivity index (χ4v) is 2.85. The highest BCUT2D eigenvalue weighted by atomic mass is 16.6. The number of nitrogens with one attached hydrogen (secondary N) is 1. The maximum absolute atomic E-state index is 12.7. The van der Waals surface area contributed by atoms with E-state index in [9.17, 15) is 14.4 Å². The van der Waals surface area contributed by atoms with E-state index in [2.05, 4.69) is 10.3 Å². The van der Waals surface area contributed by atoms with E-state index >= 15 is 0 Å². The monoisotopic (exact) mass is 428 g/mol. The van der Waals surface area contributed by atoms with Crippen LogP contribution in [0.1, 0.15) is 48.8 Å². The van der Waals surface area contributed by atoms with Gasteiger partial charge in [-0.05, 0) is 31.9 Å². The van der Waals surface area contributed by atoms with Crippen molar-refractivity contribution in [2.24, 2.45) is 0 Å². The number of pyridine rings is 1. The second-order valence-corrected chi connectivity index (χ2v) is 7.09. The van der Waals surface area contributed by atoms with Crippen molar-refractivity contribution in [2.45, 2.75) is 52.7 Å². The molecular weight excluding hydrogens is 400 g/mol. The summed E-state index contributed by atoms with van der Waals surface area (Å²) in [4.78, 5) is 40.9. The smallest absolute Gasteiger partial charge is 0.328 e. The Bertz CT molecular complexity index is 943. The lowest BCUT2D eigenvalue weighted by molar-refractivity contribution is -0.150. The minimum atomic E-state index is -0.936. The van der Waals surface area contributed by atoms with Gasteiger partial charge in [-0.3, -0.25) is 9.59 Å². The van der Waals surface area contributed by atoms with Gasteiger partial charge in [0.2, 0.25) is 5.75 Å². The van der Waals surface area contributed by atoms with Crippen molar-refractivity contribution in [3.8, 4) is 11.5 Å². The van der Waals surface area contributed by atoms with Crippen LogP contribution in [0.4, 0.5) is 0 Å². The number of benzene rings is 1. The summed E-state index contributed by atoms with van der Waals surface area (Å²) in [5.74, 6) is -1.72. The van der Waals surface area contributed by atoms with Crippen LogP contribution in [-0.4, -0.2) is 42.1 Å². The Balaban J connectivity index is 2.05. The molecule has 0 saturated heterocycles. The van der Waals surface area contributed by atoms with Crippen molar-refractivity contribution in [3.05, 3.63) is 53.3 Å². The number of carbonyl (C=O) groups is 3. The fraction of sp³-hybridized carbons (Fsp3) is 0.391. The van der Waals surface area contributed by atoms with Crippen molar-refractivity contribution in [1.29, 1.82) is 0 Å². The number of esters is 2. The molecule has 1 heterocycles. The minimum Gasteiger partial charge on any atom is -0.493 e. The second-order valence-electron chi connectivity index (χ2n) is 7.09. The molecule has 0 aliphatic rings. The Morgan fingerprint density at radius 2 is 1.84 bits per heavy atom. The summed E-state index contributed by atoms with van der Waals surface area (Å²) in [6.07, 6.45) is 1.65. The topological polar surface area (TPSA) is 104 Å². The third-order valence-electron chi connectivity index (χ3n) is 4.60. The first-order valence-electron chi connectivity index (χ1n) is 10.1. The van der Waals surface area contributed by atoms with E-state index in [0.29, 0.717) is 6.42 Å². The van der Waals surface area contributed by atoms with Crippen molar-refractivity contribution < 1.29 is 28.6 Å². The predicted molar refractivity (Wildman–Crippen MR) is 114 cm³/mol. The van der Waals surface area contributed by atoms with Gasteiger partial charge in [0.1, 0.15) is 12.1 Å². The summed E-state index contributed by atoms with van der Waals surface area (Å²) in [5.41, 5.74) is 2.04. The molecule has 0 aliphatic heterocycles. The normalized spacial score (nSPS) is 12.4. The largest absolute Gasteiger partial charge is 0.493 e. The van der Waals surface area contributed by atoms with Gasteiger partial charge in [-0.15, -0.1) is 0 Å². The molecule has 8 nitrogen and oxygen atoms in total. The summed E-state index contributed by atoms with van der Waals surface area (Å²) < 4.78 is 15.9. The molecule has 2 rings (SSSR count). The number of rotatable bonds is 9. The number of amides is 1. The number of ether oxygens (including phenoxy) is 3. The lowest BCUT2D eigenvalue weighted by atomic mass is 10.0. The Hall–Kier alpha value is -3.42. The average molecular weight is 428 g/mol. The predicted octanol–water partition coefficient (Wildman–Crippen LogP) is 3.01. The number of aromatic nitrogens is 1. The number of nitrogens with zero attached hydrogens (tertiary/aromatic N) is 1. The van der Waals surface area contributed by atoms with Crippen LogP contribution in [0.5, 0.6) is 11.5 Å². The number of hydrogen-bond donors (Lipinski definition) is 1. The van der Waals surface area contributed by atoms with Crippen LogP contribution in [0, 0.1) is 6.92 Å². The minimum absolute atomic E-state index is 0.0946. The highest BCUT2D eigenvalue weighted by molar-refractivity contribution is 5.98. The standard InChI is InChI=1S/C23H28N2O6/c1-6-19(26)31-21-18(29-5)11-12-24-20(21)22(27)25-16(4)23(28)30-15(3)13-17-10-8-7-9-14(17)2/h7-12,15-16H,6,13H2,1-5H3,(H,25,27). The lowest BCUT2D eigenvalue weighted by Crippen LogP contribution is -2.41. The van der Waals surface area contributed by atoms with Crippen molar-refractivity contribution in [3.63, 3.8) is 0 Å². The molecule has 166 valence electrons. The Kier molecular flexibility index (Phi) is 8.54. The van der Waals surface area contributed by atoms with E-state index in [0.717, 1.165) is 11.1 Å². The zero-order valence-electron chi connectivity index (χ0n) is 18.4. The van der Waals surface area contributed by atoms with Gasteiger partial charge in [-0.2, -0.15) is 0 Å². The van der Waals surface area contributed by atoms with Crippen LogP contribution < -0.4 is 14.8 Å². The number of methoxy groups -OCH3 is 1. The molecule has 0 fully saturated rings. The first-order valence-corrected chi connectivity index (χ1v) is 10.1. The van der Waals surface area contributed by atoms with Gasteiger partial charge in [0, 0.05) is 25.1 Å². The molecule has 0 radical (unpaired) electrons. The zero-order chi connectivity index (χ0) is 23.0. The average Bonchev–Trinajstić information content (AvgIpc) is 2.75. The first kappa shape index (κ1) is 23.9. The highest BCUT2D eigenvalue weighted by Gasteiger charge is 2.25. The summed E-state index contributed by atoms with van der Waals surface area (Å²) in [6, 6.07) is 8.40. The molecule has 1 N–H and O–H groups in total. The van der Waals surface area contributed by atoms with Crippen molar-refractivity contribution >= 4 is 17.8 Å². The van der Waals surface area contributed by atoms with Gasteiger partial charge in [0.25, 0.3) is 5.91 Å². The van der Waals surface area contributed by atoms with Gasteiger partial charge >= 0.3 is 11.9 Å². The molecule has 0 bridgehead atoms. The summed E-state index contributed by atoms with van der Waals surface area (Å²) in [7, 11) is 1.39. The molecule has 1 aromatic carbocycles. The molecular formula is C23H28N2O6. The van der Waals surface area contributed by atoms with Gasteiger partial charge in [0.15, 0.2) is 11.4 Å². The fourth-order valence-electron chi connectivity index (χ4n) is 2.85. The molecule has 0 aliphatic carbocycles. The van der Waals surface area contributed by atoms with Gasteiger partial charge in [-0.1, -0.05) is 31.2 Å². The van der Waals surface area contributed by atoms with Crippen LogP contribution in [0.25, 0.3) is 0 Å². The van der Waals surface area contributed by atoms with Crippen molar-refractivity contribution in [1.82, 2.24) is 10.3 Å². The molecule has 0 spiro atoms. The van der Waals surface area contributed by atoms with E-state index in [4.69, 9.17) is 14.2 Å². The molecule has 2 atom stereocenters. The van der Waals surface area contributed by atoms with Crippen LogP contribution in [-0.2, 0) is 20.7 Å².